The maximum Gasteiger partial charge on any atom is 0.407 e. The van der Waals surface area contributed by atoms with Gasteiger partial charge in [0.05, 0.1) is 12.8 Å². The summed E-state index contributed by atoms with van der Waals surface area (Å²) in [5, 5.41) is 2.63. The summed E-state index contributed by atoms with van der Waals surface area (Å²) in [4.78, 5) is 15.6. The van der Waals surface area contributed by atoms with E-state index in [1.165, 1.54) is 0 Å². The van der Waals surface area contributed by atoms with E-state index >= 15 is 0 Å². The van der Waals surface area contributed by atoms with Crippen molar-refractivity contribution in [3.63, 3.8) is 0 Å². The first kappa shape index (κ1) is 15.0. The van der Waals surface area contributed by atoms with Crippen LogP contribution in [0.5, 0.6) is 5.88 Å². The first-order chi connectivity index (χ1) is 8.90. The van der Waals surface area contributed by atoms with Gasteiger partial charge in [0.1, 0.15) is 5.60 Å². The van der Waals surface area contributed by atoms with Gasteiger partial charge in [-0.25, -0.2) is 9.78 Å². The lowest BCUT2D eigenvalue weighted by atomic mass is 10.2. The van der Waals surface area contributed by atoms with Crippen LogP contribution in [0.3, 0.4) is 0 Å². The van der Waals surface area contributed by atoms with Crippen molar-refractivity contribution in [2.45, 2.75) is 26.4 Å². The predicted octanol–water partition coefficient (Wildman–Crippen LogP) is 2.63. The molecule has 5 heteroatoms. The van der Waals surface area contributed by atoms with Crippen molar-refractivity contribution in [1.29, 1.82) is 0 Å². The number of amides is 1. The normalized spacial score (nSPS) is 11.4. The summed E-state index contributed by atoms with van der Waals surface area (Å²) in [7, 11) is 1.57. The molecule has 1 aromatic heterocycles. The fraction of sp³-hybridized carbons (Fsp3) is 0.429. The Labute approximate surface area is 113 Å². The zero-order valence-corrected chi connectivity index (χ0v) is 11.8. The van der Waals surface area contributed by atoms with Crippen LogP contribution in [-0.4, -0.2) is 30.3 Å². The molecule has 1 N–H and O–H groups in total. The Morgan fingerprint density at radius 2 is 2.16 bits per heavy atom. The molecule has 0 aliphatic carbocycles. The summed E-state index contributed by atoms with van der Waals surface area (Å²) in [5.74, 6) is 0.558. The number of alkyl carbamates (subject to hydrolysis) is 1. The summed E-state index contributed by atoms with van der Waals surface area (Å²) < 4.78 is 10.1. The topological polar surface area (TPSA) is 60.5 Å². The Bertz CT molecular complexity index is 450. The molecule has 0 unspecified atom stereocenters. The van der Waals surface area contributed by atoms with Gasteiger partial charge in [-0.2, -0.15) is 0 Å². The van der Waals surface area contributed by atoms with E-state index in [0.29, 0.717) is 12.4 Å². The third-order valence-corrected chi connectivity index (χ3v) is 2.01. The van der Waals surface area contributed by atoms with Crippen molar-refractivity contribution < 1.29 is 14.3 Å². The monoisotopic (exact) mass is 264 g/mol. The highest BCUT2D eigenvalue weighted by atomic mass is 16.6. The van der Waals surface area contributed by atoms with E-state index in [1.807, 2.05) is 32.9 Å². The molecule has 1 amide bonds. The number of carbonyl (C=O) groups is 1. The van der Waals surface area contributed by atoms with E-state index in [9.17, 15) is 4.79 Å². The standard InChI is InChI=1S/C14H20N2O3/c1-14(2,3)19-13(17)15-10-6-8-11-7-5-9-12(16-11)18-4/h5-9H,10H2,1-4H3,(H,15,17). The van der Waals surface area contributed by atoms with Crippen LogP contribution in [-0.2, 0) is 4.74 Å². The lowest BCUT2D eigenvalue weighted by molar-refractivity contribution is 0.0534. The minimum Gasteiger partial charge on any atom is -0.481 e. The molecule has 0 aromatic carbocycles. The predicted molar refractivity (Wildman–Crippen MR) is 74.1 cm³/mol. The van der Waals surface area contributed by atoms with Gasteiger partial charge in [-0.15, -0.1) is 0 Å². The highest BCUT2D eigenvalue weighted by Crippen LogP contribution is 2.08. The van der Waals surface area contributed by atoms with E-state index in [-0.39, 0.29) is 0 Å². The van der Waals surface area contributed by atoms with Crippen LogP contribution in [0.2, 0.25) is 0 Å². The molecule has 1 rings (SSSR count). The average molecular weight is 264 g/mol. The zero-order chi connectivity index (χ0) is 14.3. The smallest absolute Gasteiger partial charge is 0.407 e. The molecule has 0 bridgehead atoms. The number of ether oxygens (including phenoxy) is 2. The fourth-order valence-corrected chi connectivity index (χ4v) is 1.27. The van der Waals surface area contributed by atoms with E-state index in [0.717, 1.165) is 5.69 Å². The molecular weight excluding hydrogens is 244 g/mol. The largest absolute Gasteiger partial charge is 0.481 e. The zero-order valence-electron chi connectivity index (χ0n) is 11.8. The third-order valence-electron chi connectivity index (χ3n) is 2.01. The first-order valence-corrected chi connectivity index (χ1v) is 6.05. The number of aromatic nitrogens is 1. The second kappa shape index (κ2) is 6.78. The van der Waals surface area contributed by atoms with Crippen molar-refractivity contribution in [3.05, 3.63) is 30.0 Å². The Kier molecular flexibility index (Phi) is 5.36. The maximum absolute atomic E-state index is 11.4. The van der Waals surface area contributed by atoms with Gasteiger partial charge in [0, 0.05) is 12.6 Å². The molecule has 0 spiro atoms. The van der Waals surface area contributed by atoms with Crippen LogP contribution < -0.4 is 10.1 Å². The highest BCUT2D eigenvalue weighted by molar-refractivity contribution is 5.68. The fourth-order valence-electron chi connectivity index (χ4n) is 1.27. The van der Waals surface area contributed by atoms with Gasteiger partial charge in [0.2, 0.25) is 5.88 Å². The number of rotatable bonds is 4. The molecule has 0 radical (unpaired) electrons. The molecule has 19 heavy (non-hydrogen) atoms. The van der Waals surface area contributed by atoms with Crippen LogP contribution in [0.4, 0.5) is 4.79 Å². The first-order valence-electron chi connectivity index (χ1n) is 6.05. The number of methoxy groups -OCH3 is 1. The average Bonchev–Trinajstić information content (AvgIpc) is 2.33. The van der Waals surface area contributed by atoms with Crippen LogP contribution in [0.25, 0.3) is 6.08 Å². The van der Waals surface area contributed by atoms with Gasteiger partial charge in [-0.1, -0.05) is 12.1 Å². The Balaban J connectivity index is 2.40. The molecule has 0 atom stereocenters. The Morgan fingerprint density at radius 1 is 1.42 bits per heavy atom. The summed E-state index contributed by atoms with van der Waals surface area (Å²) >= 11 is 0. The van der Waals surface area contributed by atoms with Gasteiger partial charge >= 0.3 is 6.09 Å². The minimum absolute atomic E-state index is 0.383. The lowest BCUT2D eigenvalue weighted by Gasteiger charge is -2.19. The maximum atomic E-state index is 11.4. The molecule has 0 fully saturated rings. The number of nitrogens with zero attached hydrogens (tertiary/aromatic N) is 1. The van der Waals surface area contributed by atoms with Gasteiger partial charge in [-0.3, -0.25) is 0 Å². The quantitative estimate of drug-likeness (QED) is 0.908. The number of nitrogens with one attached hydrogen (secondary N) is 1. The second-order valence-electron chi connectivity index (χ2n) is 4.89. The summed E-state index contributed by atoms with van der Waals surface area (Å²) in [5.41, 5.74) is 0.285. The number of hydrogen-bond acceptors (Lipinski definition) is 4. The third kappa shape index (κ3) is 6.45. The SMILES string of the molecule is COc1cccc(C=CCNC(=O)OC(C)(C)C)n1. The molecule has 0 aliphatic rings. The van der Waals surface area contributed by atoms with Crippen molar-refractivity contribution in [1.82, 2.24) is 10.3 Å². The van der Waals surface area contributed by atoms with Crippen LogP contribution in [0, 0.1) is 0 Å². The Hall–Kier alpha value is -2.04. The van der Waals surface area contributed by atoms with Crippen molar-refractivity contribution >= 4 is 12.2 Å². The van der Waals surface area contributed by atoms with Crippen molar-refractivity contribution in [2.75, 3.05) is 13.7 Å². The van der Waals surface area contributed by atoms with E-state index in [1.54, 1.807) is 25.3 Å². The molecule has 0 saturated heterocycles. The molecule has 1 heterocycles. The second-order valence-corrected chi connectivity index (χ2v) is 4.89. The van der Waals surface area contributed by atoms with E-state index in [4.69, 9.17) is 9.47 Å². The van der Waals surface area contributed by atoms with Gasteiger partial charge in [0.25, 0.3) is 0 Å². The number of carbonyl (C=O) groups excluding carboxylic acids is 1. The van der Waals surface area contributed by atoms with Crippen molar-refractivity contribution in [3.8, 4) is 5.88 Å². The van der Waals surface area contributed by atoms with Crippen molar-refractivity contribution in [2.24, 2.45) is 0 Å². The molecular formula is C14H20N2O3. The summed E-state index contributed by atoms with van der Waals surface area (Å²) in [6.07, 6.45) is 3.17. The lowest BCUT2D eigenvalue weighted by Crippen LogP contribution is -2.32. The number of hydrogen-bond donors (Lipinski definition) is 1. The highest BCUT2D eigenvalue weighted by Gasteiger charge is 2.14. The molecule has 104 valence electrons. The van der Waals surface area contributed by atoms with Gasteiger partial charge in [-0.05, 0) is 32.9 Å². The van der Waals surface area contributed by atoms with Crippen LogP contribution in [0.15, 0.2) is 24.3 Å². The van der Waals surface area contributed by atoms with Crippen LogP contribution in [0.1, 0.15) is 26.5 Å². The molecule has 0 aliphatic heterocycles. The van der Waals surface area contributed by atoms with Gasteiger partial charge < -0.3 is 14.8 Å². The summed E-state index contributed by atoms with van der Waals surface area (Å²) in [6, 6.07) is 5.48. The van der Waals surface area contributed by atoms with E-state index < -0.39 is 11.7 Å². The molecule has 0 saturated carbocycles. The van der Waals surface area contributed by atoms with Gasteiger partial charge in [0.15, 0.2) is 0 Å². The van der Waals surface area contributed by atoms with Crippen LogP contribution >= 0.6 is 0 Å². The minimum atomic E-state index is -0.484. The Morgan fingerprint density at radius 3 is 2.79 bits per heavy atom. The molecule has 1 aromatic rings. The van der Waals surface area contributed by atoms with E-state index in [2.05, 4.69) is 10.3 Å². The summed E-state index contributed by atoms with van der Waals surface area (Å²) in [6.45, 7) is 5.85. The molecule has 5 nitrogen and oxygen atoms in total. The number of pyridine rings is 1.